The quantitative estimate of drug-likeness (QED) is 0.570. The zero-order chi connectivity index (χ0) is 12.0. The van der Waals surface area contributed by atoms with E-state index >= 15 is 0 Å². The summed E-state index contributed by atoms with van der Waals surface area (Å²) in [4.78, 5) is 13.8. The number of carbonyl (C=O) groups is 1. The van der Waals surface area contributed by atoms with Gasteiger partial charge in [0.1, 0.15) is 0 Å². The number of hydrogen-bond donors (Lipinski definition) is 1. The molecule has 1 saturated carbocycles. The first-order chi connectivity index (χ1) is 7.66. The van der Waals surface area contributed by atoms with E-state index in [-0.39, 0.29) is 5.91 Å². The first-order valence-electron chi connectivity index (χ1n) is 6.24. The van der Waals surface area contributed by atoms with E-state index in [1.54, 1.807) is 6.08 Å². The van der Waals surface area contributed by atoms with Gasteiger partial charge in [0, 0.05) is 19.6 Å². The molecule has 16 heavy (non-hydrogen) atoms. The third-order valence-electron chi connectivity index (χ3n) is 3.52. The number of carbonyl (C=O) groups excluding carboxylic acids is 1. The van der Waals surface area contributed by atoms with Crippen LogP contribution >= 0.6 is 0 Å². The van der Waals surface area contributed by atoms with Crippen molar-refractivity contribution in [3.63, 3.8) is 0 Å². The third kappa shape index (κ3) is 3.63. The Hall–Kier alpha value is -0.830. The van der Waals surface area contributed by atoms with E-state index < -0.39 is 0 Å². The van der Waals surface area contributed by atoms with Gasteiger partial charge in [-0.2, -0.15) is 0 Å². The summed E-state index contributed by atoms with van der Waals surface area (Å²) in [7, 11) is 1.93. The highest BCUT2D eigenvalue weighted by atomic mass is 16.2. The van der Waals surface area contributed by atoms with Crippen LogP contribution in [0, 0.1) is 5.92 Å². The summed E-state index contributed by atoms with van der Waals surface area (Å²) in [6.07, 6.45) is 6.75. The van der Waals surface area contributed by atoms with E-state index in [0.29, 0.717) is 25.0 Å². The molecule has 0 aliphatic heterocycles. The predicted molar refractivity (Wildman–Crippen MR) is 67.3 cm³/mol. The lowest BCUT2D eigenvalue weighted by Gasteiger charge is -2.36. The summed E-state index contributed by atoms with van der Waals surface area (Å²) in [5, 5.41) is 3.06. The van der Waals surface area contributed by atoms with Crippen LogP contribution in [0.1, 0.15) is 32.6 Å². The van der Waals surface area contributed by atoms with Crippen molar-refractivity contribution in [1.29, 1.82) is 0 Å². The van der Waals surface area contributed by atoms with Crippen molar-refractivity contribution in [3.8, 4) is 0 Å². The Morgan fingerprint density at radius 2 is 2.19 bits per heavy atom. The average molecular weight is 224 g/mol. The Morgan fingerprint density at radius 1 is 1.50 bits per heavy atom. The molecule has 1 aliphatic carbocycles. The highest BCUT2D eigenvalue weighted by Gasteiger charge is 2.27. The summed E-state index contributed by atoms with van der Waals surface area (Å²) in [5.74, 6) is 0.836. The van der Waals surface area contributed by atoms with E-state index in [4.69, 9.17) is 0 Å². The van der Waals surface area contributed by atoms with Crippen molar-refractivity contribution in [2.24, 2.45) is 5.92 Å². The molecule has 0 radical (unpaired) electrons. The van der Waals surface area contributed by atoms with Crippen molar-refractivity contribution in [1.82, 2.24) is 10.2 Å². The molecule has 1 rings (SSSR count). The molecule has 0 aromatic carbocycles. The third-order valence-corrected chi connectivity index (χ3v) is 3.52. The molecule has 0 bridgehead atoms. The Kier molecular flexibility index (Phi) is 5.53. The Morgan fingerprint density at radius 3 is 2.81 bits per heavy atom. The molecule has 0 aromatic rings. The molecule has 92 valence electrons. The first-order valence-corrected chi connectivity index (χ1v) is 6.24. The maximum atomic E-state index is 11.9. The molecule has 0 spiro atoms. The van der Waals surface area contributed by atoms with Crippen molar-refractivity contribution < 1.29 is 4.79 Å². The maximum absolute atomic E-state index is 11.9. The first kappa shape index (κ1) is 13.2. The molecule has 1 N–H and O–H groups in total. The van der Waals surface area contributed by atoms with Crippen LogP contribution in [-0.2, 0) is 4.79 Å². The van der Waals surface area contributed by atoms with Crippen LogP contribution in [0.5, 0.6) is 0 Å². The fourth-order valence-electron chi connectivity index (χ4n) is 2.46. The smallest absolute Gasteiger partial charge is 0.236 e. The van der Waals surface area contributed by atoms with Crippen LogP contribution in [0.2, 0.25) is 0 Å². The molecule has 1 amide bonds. The lowest BCUT2D eigenvalue weighted by Crippen LogP contribution is -2.46. The van der Waals surface area contributed by atoms with E-state index in [1.165, 1.54) is 19.3 Å². The van der Waals surface area contributed by atoms with E-state index in [0.717, 1.165) is 6.42 Å². The molecule has 1 aliphatic rings. The molecule has 3 heteroatoms. The minimum absolute atomic E-state index is 0.195. The van der Waals surface area contributed by atoms with Crippen LogP contribution in [0.25, 0.3) is 0 Å². The topological polar surface area (TPSA) is 32.3 Å². The monoisotopic (exact) mass is 224 g/mol. The second-order valence-corrected chi connectivity index (χ2v) is 4.75. The summed E-state index contributed by atoms with van der Waals surface area (Å²) < 4.78 is 0. The molecule has 3 nitrogen and oxygen atoms in total. The van der Waals surface area contributed by atoms with Crippen molar-refractivity contribution >= 4 is 5.91 Å². The van der Waals surface area contributed by atoms with Gasteiger partial charge in [-0.1, -0.05) is 25.8 Å². The molecule has 2 unspecified atom stereocenters. The molecule has 0 aromatic heterocycles. The molecule has 0 saturated heterocycles. The molecular formula is C13H24N2O. The van der Waals surface area contributed by atoms with Gasteiger partial charge in [0.15, 0.2) is 0 Å². The van der Waals surface area contributed by atoms with E-state index in [1.807, 2.05) is 11.9 Å². The van der Waals surface area contributed by atoms with E-state index in [2.05, 4.69) is 18.8 Å². The number of nitrogens with one attached hydrogen (secondary N) is 1. The summed E-state index contributed by atoms with van der Waals surface area (Å²) >= 11 is 0. The molecular weight excluding hydrogens is 200 g/mol. The van der Waals surface area contributed by atoms with Crippen LogP contribution < -0.4 is 5.32 Å². The summed E-state index contributed by atoms with van der Waals surface area (Å²) in [5.41, 5.74) is 0. The fraction of sp³-hybridized carbons (Fsp3) is 0.769. The standard InChI is InChI=1S/C13H24N2O/c1-4-9-14-10-13(16)15(3)12-8-6-5-7-11(12)2/h4,11-12,14H,1,5-10H2,2-3H3. The fourth-order valence-corrected chi connectivity index (χ4v) is 2.46. The van der Waals surface area contributed by atoms with Gasteiger partial charge in [-0.25, -0.2) is 0 Å². The van der Waals surface area contributed by atoms with Gasteiger partial charge < -0.3 is 10.2 Å². The zero-order valence-corrected chi connectivity index (χ0v) is 10.5. The van der Waals surface area contributed by atoms with Crippen molar-refractivity contribution in [2.45, 2.75) is 38.6 Å². The highest BCUT2D eigenvalue weighted by Crippen LogP contribution is 2.27. The van der Waals surface area contributed by atoms with Crippen molar-refractivity contribution in [2.75, 3.05) is 20.1 Å². The minimum atomic E-state index is 0.195. The lowest BCUT2D eigenvalue weighted by molar-refractivity contribution is -0.132. The average Bonchev–Trinajstić information content (AvgIpc) is 2.29. The van der Waals surface area contributed by atoms with Gasteiger partial charge in [0.05, 0.1) is 6.54 Å². The molecule has 2 atom stereocenters. The van der Waals surface area contributed by atoms with Crippen molar-refractivity contribution in [3.05, 3.63) is 12.7 Å². The van der Waals surface area contributed by atoms with Gasteiger partial charge >= 0.3 is 0 Å². The van der Waals surface area contributed by atoms with Crippen LogP contribution in [-0.4, -0.2) is 37.0 Å². The normalized spacial score (nSPS) is 25.1. The van der Waals surface area contributed by atoms with Gasteiger partial charge in [-0.3, -0.25) is 4.79 Å². The van der Waals surface area contributed by atoms with Crippen LogP contribution in [0.15, 0.2) is 12.7 Å². The lowest BCUT2D eigenvalue weighted by atomic mass is 9.85. The number of amides is 1. The van der Waals surface area contributed by atoms with Gasteiger partial charge in [-0.15, -0.1) is 6.58 Å². The minimum Gasteiger partial charge on any atom is -0.341 e. The summed E-state index contributed by atoms with van der Waals surface area (Å²) in [6, 6.07) is 0.437. The van der Waals surface area contributed by atoms with Crippen LogP contribution in [0.4, 0.5) is 0 Å². The SMILES string of the molecule is C=CCNCC(=O)N(C)C1CCCCC1C. The predicted octanol–water partition coefficient (Wildman–Crippen LogP) is 1.80. The summed E-state index contributed by atoms with van der Waals surface area (Å²) in [6.45, 7) is 6.99. The second-order valence-electron chi connectivity index (χ2n) is 4.75. The van der Waals surface area contributed by atoms with Crippen LogP contribution in [0.3, 0.4) is 0 Å². The number of likely N-dealkylation sites (N-methyl/N-ethyl adjacent to an activating group) is 1. The number of nitrogens with zero attached hydrogens (tertiary/aromatic N) is 1. The Labute approximate surface area is 98.9 Å². The largest absolute Gasteiger partial charge is 0.341 e. The number of hydrogen-bond acceptors (Lipinski definition) is 2. The van der Waals surface area contributed by atoms with Gasteiger partial charge in [0.2, 0.25) is 5.91 Å². The van der Waals surface area contributed by atoms with Gasteiger partial charge in [-0.05, 0) is 18.8 Å². The Bertz CT molecular complexity index is 240. The number of rotatable bonds is 5. The maximum Gasteiger partial charge on any atom is 0.236 e. The van der Waals surface area contributed by atoms with E-state index in [9.17, 15) is 4.79 Å². The zero-order valence-electron chi connectivity index (χ0n) is 10.5. The Balaban J connectivity index is 2.38. The highest BCUT2D eigenvalue weighted by molar-refractivity contribution is 5.78. The molecule has 0 heterocycles. The molecule has 1 fully saturated rings. The van der Waals surface area contributed by atoms with Gasteiger partial charge in [0.25, 0.3) is 0 Å². The second kappa shape index (κ2) is 6.69.